The van der Waals surface area contributed by atoms with Crippen LogP contribution in [0.2, 0.25) is 0 Å². The highest BCUT2D eigenvalue weighted by atomic mass is 19.1. The van der Waals surface area contributed by atoms with Gasteiger partial charge in [-0.25, -0.2) is 23.7 Å². The zero-order valence-corrected chi connectivity index (χ0v) is 17.3. The molecule has 3 heterocycles. The molecular weight excluding hydrogens is 374 g/mol. The maximum atomic E-state index is 14.8. The van der Waals surface area contributed by atoms with E-state index in [-0.39, 0.29) is 11.7 Å². The summed E-state index contributed by atoms with van der Waals surface area (Å²) in [6, 6.07) is 3.18. The number of rotatable bonds is 4. The lowest BCUT2D eigenvalue weighted by Crippen LogP contribution is -2.46. The second-order valence-electron chi connectivity index (χ2n) is 7.74. The summed E-state index contributed by atoms with van der Waals surface area (Å²) >= 11 is 0. The zero-order valence-electron chi connectivity index (χ0n) is 17.3. The Bertz CT molecular complexity index is 1040. The van der Waals surface area contributed by atoms with E-state index in [0.717, 1.165) is 38.5 Å². The number of halogens is 2. The maximum absolute atomic E-state index is 14.8. The first-order valence-corrected chi connectivity index (χ1v) is 10.1. The molecule has 0 spiro atoms. The molecule has 6 nitrogen and oxygen atoms in total. The number of hydrogen-bond donors (Lipinski definition) is 0. The van der Waals surface area contributed by atoms with Crippen LogP contribution in [0.5, 0.6) is 0 Å². The molecule has 2 aromatic heterocycles. The van der Waals surface area contributed by atoms with Crippen LogP contribution in [0.25, 0.3) is 22.3 Å². The molecular formula is C21H26F2N6. The zero-order chi connectivity index (χ0) is 20.7. The summed E-state index contributed by atoms with van der Waals surface area (Å²) < 4.78 is 31.4. The lowest BCUT2D eigenvalue weighted by atomic mass is 10.1. The standard InChI is InChI=1S/C21H26F2N6/c1-5-27-6-8-28(9-7-27)21-24-12-17(23)19(26-21)15-10-16(22)20-18(11-15)29(13(2)3)14(4)25-20/h10-13H,5-9H2,1-4H3. The number of piperazine rings is 1. The van der Waals surface area contributed by atoms with Gasteiger partial charge < -0.3 is 14.4 Å². The van der Waals surface area contributed by atoms with E-state index in [2.05, 4.69) is 26.8 Å². The van der Waals surface area contributed by atoms with Gasteiger partial charge in [0.15, 0.2) is 11.6 Å². The number of hydrogen-bond acceptors (Lipinski definition) is 5. The van der Waals surface area contributed by atoms with Gasteiger partial charge in [0.25, 0.3) is 0 Å². The van der Waals surface area contributed by atoms with Crippen molar-refractivity contribution in [1.82, 2.24) is 24.4 Å². The highest BCUT2D eigenvalue weighted by molar-refractivity contribution is 5.83. The van der Waals surface area contributed by atoms with Gasteiger partial charge in [-0.05, 0) is 39.4 Å². The molecule has 0 N–H and O–H groups in total. The first kappa shape index (κ1) is 19.7. The second kappa shape index (κ2) is 7.67. The average molecular weight is 400 g/mol. The number of likely N-dealkylation sites (N-methyl/N-ethyl adjacent to an activating group) is 1. The van der Waals surface area contributed by atoms with Gasteiger partial charge in [0.2, 0.25) is 5.95 Å². The van der Waals surface area contributed by atoms with Crippen molar-refractivity contribution in [3.8, 4) is 11.3 Å². The molecule has 0 bridgehead atoms. The molecule has 0 saturated carbocycles. The van der Waals surface area contributed by atoms with Crippen LogP contribution in [-0.4, -0.2) is 57.1 Å². The Kier molecular flexibility index (Phi) is 5.21. The Morgan fingerprint density at radius 3 is 2.41 bits per heavy atom. The van der Waals surface area contributed by atoms with E-state index < -0.39 is 11.6 Å². The van der Waals surface area contributed by atoms with Crippen molar-refractivity contribution in [2.24, 2.45) is 0 Å². The van der Waals surface area contributed by atoms with Crippen molar-refractivity contribution >= 4 is 17.0 Å². The third kappa shape index (κ3) is 3.57. The number of nitrogens with zero attached hydrogens (tertiary/aromatic N) is 6. The molecule has 0 atom stereocenters. The fraction of sp³-hybridized carbons (Fsp3) is 0.476. The molecule has 3 aromatic rings. The maximum Gasteiger partial charge on any atom is 0.226 e. The molecule has 4 rings (SSSR count). The Labute approximate surface area is 169 Å². The van der Waals surface area contributed by atoms with Gasteiger partial charge in [-0.1, -0.05) is 6.92 Å². The predicted molar refractivity (Wildman–Crippen MR) is 110 cm³/mol. The van der Waals surface area contributed by atoms with Gasteiger partial charge in [0.05, 0.1) is 11.7 Å². The van der Waals surface area contributed by atoms with E-state index in [9.17, 15) is 8.78 Å². The van der Waals surface area contributed by atoms with Gasteiger partial charge in [0, 0.05) is 37.8 Å². The lowest BCUT2D eigenvalue weighted by molar-refractivity contribution is 0.270. The van der Waals surface area contributed by atoms with Crippen LogP contribution in [0.1, 0.15) is 32.6 Å². The molecule has 0 amide bonds. The fourth-order valence-electron chi connectivity index (χ4n) is 4.03. The van der Waals surface area contributed by atoms with E-state index in [1.54, 1.807) is 6.07 Å². The first-order valence-electron chi connectivity index (χ1n) is 10.1. The van der Waals surface area contributed by atoms with Gasteiger partial charge in [-0.15, -0.1) is 0 Å². The summed E-state index contributed by atoms with van der Waals surface area (Å²) in [6.45, 7) is 12.4. The molecule has 1 aromatic carbocycles. The third-order valence-electron chi connectivity index (χ3n) is 5.55. The van der Waals surface area contributed by atoms with Crippen molar-refractivity contribution in [3.05, 3.63) is 35.8 Å². The van der Waals surface area contributed by atoms with Gasteiger partial charge in [-0.3, -0.25) is 0 Å². The van der Waals surface area contributed by atoms with E-state index >= 15 is 0 Å². The minimum Gasteiger partial charge on any atom is -0.338 e. The van der Waals surface area contributed by atoms with Gasteiger partial charge in [0.1, 0.15) is 17.0 Å². The highest BCUT2D eigenvalue weighted by Gasteiger charge is 2.21. The Morgan fingerprint density at radius 2 is 1.76 bits per heavy atom. The number of anilines is 1. The fourth-order valence-corrected chi connectivity index (χ4v) is 4.03. The number of aromatic nitrogens is 4. The SMILES string of the molecule is CCN1CCN(c2ncc(F)c(-c3cc(F)c4nc(C)n(C(C)C)c4c3)n2)CC1. The van der Waals surface area contributed by atoms with Crippen molar-refractivity contribution < 1.29 is 8.78 Å². The molecule has 0 unspecified atom stereocenters. The first-order chi connectivity index (χ1) is 13.9. The number of aryl methyl sites for hydroxylation is 1. The van der Waals surface area contributed by atoms with Gasteiger partial charge in [-0.2, -0.15) is 0 Å². The molecule has 0 radical (unpaired) electrons. The molecule has 1 aliphatic heterocycles. The molecule has 0 aliphatic carbocycles. The van der Waals surface area contributed by atoms with E-state index in [1.165, 1.54) is 12.3 Å². The van der Waals surface area contributed by atoms with Crippen LogP contribution in [0.15, 0.2) is 18.3 Å². The number of imidazole rings is 1. The normalized spacial score (nSPS) is 15.6. The number of benzene rings is 1. The Balaban J connectivity index is 1.76. The van der Waals surface area contributed by atoms with Crippen molar-refractivity contribution in [1.29, 1.82) is 0 Å². The monoisotopic (exact) mass is 400 g/mol. The van der Waals surface area contributed by atoms with E-state index in [4.69, 9.17) is 0 Å². The molecule has 1 saturated heterocycles. The third-order valence-corrected chi connectivity index (χ3v) is 5.55. The van der Waals surface area contributed by atoms with Crippen LogP contribution in [-0.2, 0) is 0 Å². The van der Waals surface area contributed by atoms with Crippen LogP contribution >= 0.6 is 0 Å². The smallest absolute Gasteiger partial charge is 0.226 e. The highest BCUT2D eigenvalue weighted by Crippen LogP contribution is 2.30. The summed E-state index contributed by atoms with van der Waals surface area (Å²) in [7, 11) is 0. The minimum atomic E-state index is -0.563. The van der Waals surface area contributed by atoms with Gasteiger partial charge >= 0.3 is 0 Å². The summed E-state index contributed by atoms with van der Waals surface area (Å²) in [5, 5.41) is 0. The number of fused-ring (bicyclic) bond motifs is 1. The molecule has 1 fully saturated rings. The average Bonchev–Trinajstić information content (AvgIpc) is 3.05. The van der Waals surface area contributed by atoms with Crippen LogP contribution in [0.3, 0.4) is 0 Å². The molecule has 154 valence electrons. The molecule has 8 heteroatoms. The summed E-state index contributed by atoms with van der Waals surface area (Å²) in [4.78, 5) is 17.4. The minimum absolute atomic E-state index is 0.107. The van der Waals surface area contributed by atoms with Crippen LogP contribution < -0.4 is 4.90 Å². The summed E-state index contributed by atoms with van der Waals surface area (Å²) in [5.74, 6) is 0.165. The van der Waals surface area contributed by atoms with E-state index in [1.807, 2.05) is 30.2 Å². The second-order valence-corrected chi connectivity index (χ2v) is 7.74. The quantitative estimate of drug-likeness (QED) is 0.667. The lowest BCUT2D eigenvalue weighted by Gasteiger charge is -2.34. The van der Waals surface area contributed by atoms with E-state index in [0.29, 0.717) is 22.5 Å². The van der Waals surface area contributed by atoms with Crippen LogP contribution in [0, 0.1) is 18.6 Å². The van der Waals surface area contributed by atoms with Crippen LogP contribution in [0.4, 0.5) is 14.7 Å². The Hall–Kier alpha value is -2.61. The predicted octanol–water partition coefficient (Wildman–Crippen LogP) is 3.80. The topological polar surface area (TPSA) is 50.1 Å². The van der Waals surface area contributed by atoms with Crippen molar-refractivity contribution in [3.63, 3.8) is 0 Å². The molecule has 1 aliphatic rings. The summed E-state index contributed by atoms with van der Waals surface area (Å²) in [6.07, 6.45) is 1.18. The largest absolute Gasteiger partial charge is 0.338 e. The molecule has 29 heavy (non-hydrogen) atoms. The summed E-state index contributed by atoms with van der Waals surface area (Å²) in [5.41, 5.74) is 1.45. The Morgan fingerprint density at radius 1 is 1.03 bits per heavy atom. The van der Waals surface area contributed by atoms with Crippen molar-refractivity contribution in [2.45, 2.75) is 33.7 Å². The van der Waals surface area contributed by atoms with Crippen molar-refractivity contribution in [2.75, 3.05) is 37.6 Å².